The van der Waals surface area contributed by atoms with Crippen LogP contribution in [-0.2, 0) is 0 Å². The number of hydrogen-bond acceptors (Lipinski definition) is 5. The second kappa shape index (κ2) is 8.89. The van der Waals surface area contributed by atoms with Gasteiger partial charge in [0.1, 0.15) is 5.82 Å². The van der Waals surface area contributed by atoms with E-state index in [2.05, 4.69) is 15.6 Å². The van der Waals surface area contributed by atoms with Gasteiger partial charge in [0.2, 0.25) is 5.95 Å². The SMILES string of the molecule is Oc1c(Cl)cc(Nc2cc(-c3ccccc3)nc(NC3CCCCC3)n2)cc1Cl. The molecule has 7 heteroatoms. The number of hydrogen-bond donors (Lipinski definition) is 3. The first-order chi connectivity index (χ1) is 14.1. The van der Waals surface area contributed by atoms with Crippen molar-refractivity contribution in [3.8, 4) is 17.0 Å². The third-order valence-corrected chi connectivity index (χ3v) is 5.60. The van der Waals surface area contributed by atoms with Crippen molar-refractivity contribution in [1.29, 1.82) is 0 Å². The van der Waals surface area contributed by atoms with Gasteiger partial charge in [-0.3, -0.25) is 0 Å². The van der Waals surface area contributed by atoms with Gasteiger partial charge in [-0.05, 0) is 25.0 Å². The quantitative estimate of drug-likeness (QED) is 0.397. The normalized spacial score (nSPS) is 14.6. The van der Waals surface area contributed by atoms with Gasteiger partial charge < -0.3 is 15.7 Å². The topological polar surface area (TPSA) is 70.1 Å². The van der Waals surface area contributed by atoms with Crippen LogP contribution in [0.4, 0.5) is 17.5 Å². The third kappa shape index (κ3) is 4.92. The van der Waals surface area contributed by atoms with Gasteiger partial charge >= 0.3 is 0 Å². The summed E-state index contributed by atoms with van der Waals surface area (Å²) in [5.41, 5.74) is 2.46. The minimum Gasteiger partial charge on any atom is -0.505 e. The van der Waals surface area contributed by atoms with Crippen LogP contribution in [0.15, 0.2) is 48.5 Å². The number of nitrogens with one attached hydrogen (secondary N) is 2. The average Bonchev–Trinajstić information content (AvgIpc) is 2.73. The molecule has 1 aliphatic rings. The summed E-state index contributed by atoms with van der Waals surface area (Å²) in [6, 6.07) is 15.5. The third-order valence-electron chi connectivity index (χ3n) is 5.02. The van der Waals surface area contributed by atoms with Crippen LogP contribution in [0.1, 0.15) is 32.1 Å². The molecule has 0 aliphatic heterocycles. The number of anilines is 3. The Morgan fingerprint density at radius 1 is 0.897 bits per heavy atom. The summed E-state index contributed by atoms with van der Waals surface area (Å²) < 4.78 is 0. The Labute approximate surface area is 180 Å². The van der Waals surface area contributed by atoms with Crippen molar-refractivity contribution in [3.63, 3.8) is 0 Å². The number of aromatic hydroxyl groups is 1. The van der Waals surface area contributed by atoms with E-state index in [9.17, 15) is 5.11 Å². The number of halogens is 2. The van der Waals surface area contributed by atoms with Crippen LogP contribution in [-0.4, -0.2) is 21.1 Å². The zero-order valence-corrected chi connectivity index (χ0v) is 17.3. The second-order valence-corrected chi connectivity index (χ2v) is 8.04. The summed E-state index contributed by atoms with van der Waals surface area (Å²) in [5, 5.41) is 16.9. The van der Waals surface area contributed by atoms with Gasteiger partial charge in [0.05, 0.1) is 15.7 Å². The Balaban J connectivity index is 1.67. The van der Waals surface area contributed by atoms with E-state index in [1.807, 2.05) is 36.4 Å². The fourth-order valence-electron chi connectivity index (χ4n) is 3.55. The van der Waals surface area contributed by atoms with Crippen molar-refractivity contribution in [2.45, 2.75) is 38.1 Å². The lowest BCUT2D eigenvalue weighted by Crippen LogP contribution is -2.23. The maximum absolute atomic E-state index is 9.79. The highest BCUT2D eigenvalue weighted by Gasteiger charge is 2.16. The van der Waals surface area contributed by atoms with Crippen LogP contribution >= 0.6 is 23.2 Å². The van der Waals surface area contributed by atoms with E-state index in [0.29, 0.717) is 23.5 Å². The Hall–Kier alpha value is -2.50. The summed E-state index contributed by atoms with van der Waals surface area (Å²) in [7, 11) is 0. The largest absolute Gasteiger partial charge is 0.505 e. The molecule has 1 aromatic heterocycles. The molecule has 0 spiro atoms. The molecule has 0 bridgehead atoms. The maximum atomic E-state index is 9.79. The van der Waals surface area contributed by atoms with Crippen molar-refractivity contribution in [1.82, 2.24) is 9.97 Å². The highest BCUT2D eigenvalue weighted by atomic mass is 35.5. The summed E-state index contributed by atoms with van der Waals surface area (Å²) >= 11 is 12.1. The van der Waals surface area contributed by atoms with E-state index < -0.39 is 0 Å². The smallest absolute Gasteiger partial charge is 0.225 e. The predicted octanol–water partition coefficient (Wildman–Crippen LogP) is 6.64. The molecule has 0 amide bonds. The van der Waals surface area contributed by atoms with Crippen LogP contribution in [0, 0.1) is 0 Å². The molecule has 1 saturated carbocycles. The standard InChI is InChI=1S/C22H22Cl2N4O/c23-17-11-16(12-18(24)21(17)29)25-20-13-19(14-7-3-1-4-8-14)27-22(28-20)26-15-9-5-2-6-10-15/h1,3-4,7-8,11-13,15,29H,2,5-6,9-10H2,(H2,25,26,27,28). The van der Waals surface area contributed by atoms with Crippen molar-refractivity contribution in [2.24, 2.45) is 0 Å². The van der Waals surface area contributed by atoms with Crippen LogP contribution in [0.2, 0.25) is 10.0 Å². The van der Waals surface area contributed by atoms with Gasteiger partial charge in [0, 0.05) is 23.4 Å². The van der Waals surface area contributed by atoms with Crippen molar-refractivity contribution >= 4 is 40.7 Å². The molecule has 1 fully saturated rings. The Bertz CT molecular complexity index is 968. The molecule has 29 heavy (non-hydrogen) atoms. The molecular weight excluding hydrogens is 407 g/mol. The molecule has 1 heterocycles. The lowest BCUT2D eigenvalue weighted by molar-refractivity contribution is 0.461. The first-order valence-corrected chi connectivity index (χ1v) is 10.5. The summed E-state index contributed by atoms with van der Waals surface area (Å²) in [4.78, 5) is 9.38. The summed E-state index contributed by atoms with van der Waals surface area (Å²) in [6.07, 6.45) is 6.01. The number of phenols is 1. The zero-order chi connectivity index (χ0) is 20.2. The van der Waals surface area contributed by atoms with Gasteiger partial charge in [0.25, 0.3) is 0 Å². The molecular formula is C22H22Cl2N4O. The molecule has 2 aromatic carbocycles. The molecule has 4 rings (SSSR count). The Morgan fingerprint density at radius 3 is 2.28 bits per heavy atom. The van der Waals surface area contributed by atoms with E-state index in [1.165, 1.54) is 19.3 Å². The van der Waals surface area contributed by atoms with E-state index in [1.54, 1.807) is 12.1 Å². The van der Waals surface area contributed by atoms with Gasteiger partial charge in [-0.15, -0.1) is 0 Å². The molecule has 0 unspecified atom stereocenters. The van der Waals surface area contributed by atoms with Crippen LogP contribution < -0.4 is 10.6 Å². The minimum atomic E-state index is -0.133. The molecule has 0 radical (unpaired) electrons. The Morgan fingerprint density at radius 2 is 1.59 bits per heavy atom. The highest BCUT2D eigenvalue weighted by Crippen LogP contribution is 2.36. The number of phenolic OH excluding ortho intramolecular Hbond substituents is 1. The van der Waals surface area contributed by atoms with E-state index in [4.69, 9.17) is 28.2 Å². The zero-order valence-electron chi connectivity index (χ0n) is 15.8. The molecule has 150 valence electrons. The number of benzene rings is 2. The predicted molar refractivity (Wildman–Crippen MR) is 119 cm³/mol. The first-order valence-electron chi connectivity index (χ1n) is 9.74. The average molecular weight is 429 g/mol. The van der Waals surface area contributed by atoms with Crippen LogP contribution in [0.3, 0.4) is 0 Å². The highest BCUT2D eigenvalue weighted by molar-refractivity contribution is 6.37. The monoisotopic (exact) mass is 428 g/mol. The fraction of sp³-hybridized carbons (Fsp3) is 0.273. The molecule has 3 aromatic rings. The molecule has 0 saturated heterocycles. The maximum Gasteiger partial charge on any atom is 0.225 e. The van der Waals surface area contributed by atoms with Crippen LogP contribution in [0.25, 0.3) is 11.3 Å². The molecule has 1 aliphatic carbocycles. The summed E-state index contributed by atoms with van der Waals surface area (Å²) in [5.74, 6) is 1.08. The van der Waals surface area contributed by atoms with Gasteiger partial charge in [-0.25, -0.2) is 4.98 Å². The van der Waals surface area contributed by atoms with Crippen molar-refractivity contribution in [3.05, 3.63) is 58.6 Å². The Kier molecular flexibility index (Phi) is 6.07. The minimum absolute atomic E-state index is 0.133. The number of nitrogens with zero attached hydrogens (tertiary/aromatic N) is 2. The molecule has 0 atom stereocenters. The van der Waals surface area contributed by atoms with Gasteiger partial charge in [-0.1, -0.05) is 72.8 Å². The molecule has 3 N–H and O–H groups in total. The van der Waals surface area contributed by atoms with Gasteiger partial charge in [0.15, 0.2) is 5.75 Å². The molecule has 5 nitrogen and oxygen atoms in total. The fourth-order valence-corrected chi connectivity index (χ4v) is 4.03. The van der Waals surface area contributed by atoms with Crippen LogP contribution in [0.5, 0.6) is 5.75 Å². The number of aromatic nitrogens is 2. The van der Waals surface area contributed by atoms with E-state index in [0.717, 1.165) is 24.1 Å². The van der Waals surface area contributed by atoms with Crippen molar-refractivity contribution in [2.75, 3.05) is 10.6 Å². The number of rotatable bonds is 5. The second-order valence-electron chi connectivity index (χ2n) is 7.22. The van der Waals surface area contributed by atoms with E-state index in [-0.39, 0.29) is 15.8 Å². The van der Waals surface area contributed by atoms with E-state index >= 15 is 0 Å². The lowest BCUT2D eigenvalue weighted by atomic mass is 9.96. The summed E-state index contributed by atoms with van der Waals surface area (Å²) in [6.45, 7) is 0. The van der Waals surface area contributed by atoms with Crippen molar-refractivity contribution < 1.29 is 5.11 Å². The first kappa shape index (κ1) is 19.8. The lowest BCUT2D eigenvalue weighted by Gasteiger charge is -2.23. The van der Waals surface area contributed by atoms with Gasteiger partial charge in [-0.2, -0.15) is 4.98 Å².